The smallest absolute Gasteiger partial charge is 0.259 e. The van der Waals surface area contributed by atoms with E-state index in [1.807, 2.05) is 35.3 Å². The van der Waals surface area contributed by atoms with Gasteiger partial charge in [0.1, 0.15) is 11.8 Å². The molecule has 1 atom stereocenters. The molecule has 2 aromatic heterocycles. The number of rotatable bonds is 5. The second-order valence-corrected chi connectivity index (χ2v) is 9.41. The SMILES string of the molecule is O=c1c(C2=NN(c3ccccc3)C(c3ccco3)C2)cc2c(n1CC1CCC1)CCCC2. The summed E-state index contributed by atoms with van der Waals surface area (Å²) in [5.41, 5.74) is 5.43. The molecular weight excluding hydrogens is 398 g/mol. The second kappa shape index (κ2) is 8.12. The molecule has 1 aliphatic heterocycles. The van der Waals surface area contributed by atoms with Crippen LogP contribution in [0.3, 0.4) is 0 Å². The highest BCUT2D eigenvalue weighted by Gasteiger charge is 2.34. The number of benzene rings is 1. The van der Waals surface area contributed by atoms with Gasteiger partial charge >= 0.3 is 0 Å². The number of fused-ring (bicyclic) bond motifs is 1. The Bertz CT molecular complexity index is 1190. The summed E-state index contributed by atoms with van der Waals surface area (Å²) >= 11 is 0. The van der Waals surface area contributed by atoms with E-state index >= 15 is 0 Å². The molecule has 3 aliphatic rings. The van der Waals surface area contributed by atoms with Gasteiger partial charge in [0, 0.05) is 18.7 Å². The summed E-state index contributed by atoms with van der Waals surface area (Å²) in [4.78, 5) is 13.8. The highest BCUT2D eigenvalue weighted by Crippen LogP contribution is 2.37. The van der Waals surface area contributed by atoms with Crippen LogP contribution in [0.5, 0.6) is 0 Å². The summed E-state index contributed by atoms with van der Waals surface area (Å²) < 4.78 is 7.89. The van der Waals surface area contributed by atoms with Crippen LogP contribution in [0.25, 0.3) is 0 Å². The normalized spacial score (nSPS) is 20.7. The van der Waals surface area contributed by atoms with Crippen LogP contribution in [0.15, 0.2) is 69.1 Å². The molecule has 6 rings (SSSR count). The molecule has 3 aromatic rings. The fourth-order valence-corrected chi connectivity index (χ4v) is 5.41. The van der Waals surface area contributed by atoms with E-state index in [4.69, 9.17) is 9.52 Å². The van der Waals surface area contributed by atoms with Crippen molar-refractivity contribution in [3.8, 4) is 0 Å². The number of hydrazone groups is 1. The van der Waals surface area contributed by atoms with Crippen LogP contribution >= 0.6 is 0 Å². The Morgan fingerprint density at radius 2 is 1.84 bits per heavy atom. The van der Waals surface area contributed by atoms with Gasteiger partial charge in [-0.2, -0.15) is 5.10 Å². The summed E-state index contributed by atoms with van der Waals surface area (Å²) in [6.07, 6.45) is 10.6. The van der Waals surface area contributed by atoms with E-state index in [1.54, 1.807) is 6.26 Å². The van der Waals surface area contributed by atoms with E-state index in [0.29, 0.717) is 12.3 Å². The summed E-state index contributed by atoms with van der Waals surface area (Å²) in [5.74, 6) is 1.52. The standard InChI is InChI=1S/C27H29N3O2/c31-27-22(16-20-10-4-5-13-24(20)29(27)18-19-8-6-9-19)23-17-25(26-14-7-15-32-26)30(28-23)21-11-2-1-3-12-21/h1-3,7,11-12,14-16,19,25H,4-6,8-10,13,17-18H2. The minimum Gasteiger partial charge on any atom is -0.467 e. The van der Waals surface area contributed by atoms with Crippen molar-refractivity contribution in [2.75, 3.05) is 5.01 Å². The Labute approximate surface area is 188 Å². The highest BCUT2D eigenvalue weighted by atomic mass is 16.3. The fraction of sp³-hybridized carbons (Fsp3) is 0.407. The minimum absolute atomic E-state index is 0.0436. The van der Waals surface area contributed by atoms with Crippen LogP contribution in [-0.4, -0.2) is 10.3 Å². The minimum atomic E-state index is -0.0436. The second-order valence-electron chi connectivity index (χ2n) is 9.41. The molecule has 0 spiro atoms. The quantitative estimate of drug-likeness (QED) is 0.542. The average Bonchev–Trinajstić information content (AvgIpc) is 3.47. The first-order chi connectivity index (χ1) is 15.8. The first-order valence-corrected chi connectivity index (χ1v) is 12.0. The molecule has 0 amide bonds. The molecule has 1 saturated carbocycles. The molecule has 0 bridgehead atoms. The van der Waals surface area contributed by atoms with Crippen molar-refractivity contribution in [1.29, 1.82) is 0 Å². The van der Waals surface area contributed by atoms with E-state index in [9.17, 15) is 4.79 Å². The van der Waals surface area contributed by atoms with E-state index < -0.39 is 0 Å². The molecule has 0 radical (unpaired) electrons. The van der Waals surface area contributed by atoms with E-state index in [-0.39, 0.29) is 11.6 Å². The van der Waals surface area contributed by atoms with Gasteiger partial charge in [-0.05, 0) is 80.3 Å². The number of nitrogens with zero attached hydrogens (tertiary/aromatic N) is 3. The predicted octanol–water partition coefficient (Wildman–Crippen LogP) is 5.48. The zero-order chi connectivity index (χ0) is 21.5. The number of anilines is 1. The Morgan fingerprint density at radius 3 is 2.59 bits per heavy atom. The van der Waals surface area contributed by atoms with Crippen LogP contribution in [-0.2, 0) is 19.4 Å². The largest absolute Gasteiger partial charge is 0.467 e. The van der Waals surface area contributed by atoms with Crippen LogP contribution in [0.2, 0.25) is 0 Å². The molecular formula is C27H29N3O2. The average molecular weight is 428 g/mol. The summed E-state index contributed by atoms with van der Waals surface area (Å²) in [6.45, 7) is 0.867. The Balaban J connectivity index is 1.44. The number of hydrogen-bond donors (Lipinski definition) is 0. The monoisotopic (exact) mass is 427 g/mol. The Hall–Kier alpha value is -3.08. The number of para-hydroxylation sites is 1. The van der Waals surface area contributed by atoms with Crippen molar-refractivity contribution in [1.82, 2.24) is 4.57 Å². The van der Waals surface area contributed by atoms with Crippen LogP contribution in [0.1, 0.15) is 67.1 Å². The molecule has 1 fully saturated rings. The maximum Gasteiger partial charge on any atom is 0.259 e. The van der Waals surface area contributed by atoms with Crippen molar-refractivity contribution >= 4 is 11.4 Å². The van der Waals surface area contributed by atoms with Gasteiger partial charge in [-0.25, -0.2) is 0 Å². The number of pyridine rings is 1. The third-order valence-corrected chi connectivity index (χ3v) is 7.38. The summed E-state index contributed by atoms with van der Waals surface area (Å²) in [6, 6.07) is 16.2. The lowest BCUT2D eigenvalue weighted by atomic mass is 9.84. The lowest BCUT2D eigenvalue weighted by molar-refractivity contribution is 0.269. The number of hydrogen-bond acceptors (Lipinski definition) is 4. The number of aryl methyl sites for hydroxylation is 1. The zero-order valence-electron chi connectivity index (χ0n) is 18.4. The topological polar surface area (TPSA) is 50.7 Å². The van der Waals surface area contributed by atoms with E-state index in [0.717, 1.165) is 42.1 Å². The molecule has 1 unspecified atom stereocenters. The maximum atomic E-state index is 13.8. The van der Waals surface area contributed by atoms with Gasteiger partial charge in [-0.1, -0.05) is 24.6 Å². The van der Waals surface area contributed by atoms with E-state index in [1.165, 1.54) is 43.4 Å². The van der Waals surface area contributed by atoms with Gasteiger partial charge in [0.2, 0.25) is 0 Å². The van der Waals surface area contributed by atoms with Gasteiger partial charge in [0.25, 0.3) is 5.56 Å². The van der Waals surface area contributed by atoms with Crippen molar-refractivity contribution in [2.45, 2.75) is 64.0 Å². The summed E-state index contributed by atoms with van der Waals surface area (Å²) in [5, 5.41) is 7.02. The van der Waals surface area contributed by atoms with Crippen LogP contribution < -0.4 is 10.6 Å². The lowest BCUT2D eigenvalue weighted by Gasteiger charge is -2.29. The molecule has 164 valence electrons. The molecule has 2 aliphatic carbocycles. The van der Waals surface area contributed by atoms with Crippen molar-refractivity contribution in [3.63, 3.8) is 0 Å². The first kappa shape index (κ1) is 19.6. The fourth-order valence-electron chi connectivity index (χ4n) is 5.41. The molecule has 5 nitrogen and oxygen atoms in total. The molecule has 0 N–H and O–H groups in total. The zero-order valence-corrected chi connectivity index (χ0v) is 18.4. The predicted molar refractivity (Wildman–Crippen MR) is 126 cm³/mol. The highest BCUT2D eigenvalue weighted by molar-refractivity contribution is 6.03. The Kier molecular flexibility index (Phi) is 4.97. The number of aromatic nitrogens is 1. The Morgan fingerprint density at radius 1 is 1.00 bits per heavy atom. The van der Waals surface area contributed by atoms with Crippen LogP contribution in [0.4, 0.5) is 5.69 Å². The van der Waals surface area contributed by atoms with E-state index in [2.05, 4.69) is 22.8 Å². The molecule has 1 aromatic carbocycles. The third-order valence-electron chi connectivity index (χ3n) is 7.38. The van der Waals surface area contributed by atoms with Gasteiger partial charge in [-0.3, -0.25) is 9.80 Å². The van der Waals surface area contributed by atoms with Crippen molar-refractivity contribution in [2.24, 2.45) is 11.0 Å². The number of furan rings is 1. The van der Waals surface area contributed by atoms with Crippen LogP contribution in [0, 0.1) is 5.92 Å². The van der Waals surface area contributed by atoms with Gasteiger partial charge in [0.15, 0.2) is 0 Å². The lowest BCUT2D eigenvalue weighted by Crippen LogP contribution is -2.34. The van der Waals surface area contributed by atoms with Gasteiger partial charge < -0.3 is 8.98 Å². The molecule has 5 heteroatoms. The van der Waals surface area contributed by atoms with Crippen molar-refractivity contribution in [3.05, 3.63) is 87.7 Å². The van der Waals surface area contributed by atoms with Gasteiger partial charge in [0.05, 0.1) is 23.2 Å². The summed E-state index contributed by atoms with van der Waals surface area (Å²) in [7, 11) is 0. The third kappa shape index (κ3) is 3.40. The molecule has 32 heavy (non-hydrogen) atoms. The molecule has 0 saturated heterocycles. The first-order valence-electron chi connectivity index (χ1n) is 12.0. The van der Waals surface area contributed by atoms with Crippen molar-refractivity contribution < 1.29 is 4.42 Å². The van der Waals surface area contributed by atoms with Gasteiger partial charge in [-0.15, -0.1) is 0 Å². The maximum absolute atomic E-state index is 13.8. The molecule has 3 heterocycles.